The highest BCUT2D eigenvalue weighted by atomic mass is 19.3. The van der Waals surface area contributed by atoms with Crippen LogP contribution in [-0.4, -0.2) is 11.7 Å². The van der Waals surface area contributed by atoms with Crippen molar-refractivity contribution in [3.8, 4) is 0 Å². The van der Waals surface area contributed by atoms with Crippen molar-refractivity contribution in [1.29, 1.82) is 0 Å². The van der Waals surface area contributed by atoms with Gasteiger partial charge in [-0.1, -0.05) is 30.3 Å². The van der Waals surface area contributed by atoms with Gasteiger partial charge in [0.1, 0.15) is 0 Å². The van der Waals surface area contributed by atoms with Crippen LogP contribution < -0.4 is 5.32 Å². The van der Waals surface area contributed by atoms with Gasteiger partial charge in [-0.05, 0) is 35.7 Å². The Morgan fingerprint density at radius 3 is 2.40 bits per heavy atom. The highest BCUT2D eigenvalue weighted by Gasteiger charge is 2.06. The molecule has 2 rings (SSSR count). The second-order valence-electron chi connectivity index (χ2n) is 4.57. The SMILES string of the molecule is OCCc1ccc(NCc2cccc(C(F)F)c2)cc1. The van der Waals surface area contributed by atoms with E-state index < -0.39 is 6.43 Å². The molecular formula is C16H17F2NO. The van der Waals surface area contributed by atoms with Crippen molar-refractivity contribution in [2.45, 2.75) is 19.4 Å². The van der Waals surface area contributed by atoms with Gasteiger partial charge < -0.3 is 10.4 Å². The first-order valence-electron chi connectivity index (χ1n) is 6.49. The summed E-state index contributed by atoms with van der Waals surface area (Å²) in [6.45, 7) is 0.632. The van der Waals surface area contributed by atoms with Gasteiger partial charge in [-0.3, -0.25) is 0 Å². The number of anilines is 1. The molecule has 0 spiro atoms. The average molecular weight is 277 g/mol. The fourth-order valence-corrected chi connectivity index (χ4v) is 1.96. The molecule has 0 aromatic heterocycles. The number of benzene rings is 2. The molecule has 2 aromatic carbocycles. The first-order chi connectivity index (χ1) is 9.69. The van der Waals surface area contributed by atoms with Crippen LogP contribution in [0, 0.1) is 0 Å². The Hall–Kier alpha value is -1.94. The Kier molecular flexibility index (Phi) is 5.07. The Morgan fingerprint density at radius 2 is 1.75 bits per heavy atom. The highest BCUT2D eigenvalue weighted by molar-refractivity contribution is 5.45. The summed E-state index contributed by atoms with van der Waals surface area (Å²) in [5, 5.41) is 12.0. The lowest BCUT2D eigenvalue weighted by atomic mass is 10.1. The van der Waals surface area contributed by atoms with Gasteiger partial charge in [0, 0.05) is 24.4 Å². The third kappa shape index (κ3) is 4.03. The van der Waals surface area contributed by atoms with Crippen molar-refractivity contribution >= 4 is 5.69 Å². The van der Waals surface area contributed by atoms with E-state index in [-0.39, 0.29) is 12.2 Å². The second kappa shape index (κ2) is 7.01. The summed E-state index contributed by atoms with van der Waals surface area (Å²) in [5.74, 6) is 0. The number of hydrogen-bond acceptors (Lipinski definition) is 2. The fourth-order valence-electron chi connectivity index (χ4n) is 1.96. The minimum Gasteiger partial charge on any atom is -0.396 e. The highest BCUT2D eigenvalue weighted by Crippen LogP contribution is 2.20. The van der Waals surface area contributed by atoms with Crippen LogP contribution in [0.15, 0.2) is 48.5 Å². The summed E-state index contributed by atoms with van der Waals surface area (Å²) < 4.78 is 25.2. The summed E-state index contributed by atoms with van der Waals surface area (Å²) >= 11 is 0. The van der Waals surface area contributed by atoms with Crippen molar-refractivity contribution in [1.82, 2.24) is 0 Å². The summed E-state index contributed by atoms with van der Waals surface area (Å²) in [7, 11) is 0. The van der Waals surface area contributed by atoms with Crippen molar-refractivity contribution in [3.63, 3.8) is 0 Å². The van der Waals surface area contributed by atoms with Crippen LogP contribution >= 0.6 is 0 Å². The second-order valence-corrected chi connectivity index (χ2v) is 4.57. The van der Waals surface area contributed by atoms with Crippen molar-refractivity contribution < 1.29 is 13.9 Å². The van der Waals surface area contributed by atoms with Gasteiger partial charge in [-0.2, -0.15) is 0 Å². The quantitative estimate of drug-likeness (QED) is 0.842. The van der Waals surface area contributed by atoms with E-state index >= 15 is 0 Å². The van der Waals surface area contributed by atoms with Crippen molar-refractivity contribution in [2.75, 3.05) is 11.9 Å². The maximum Gasteiger partial charge on any atom is 0.263 e. The third-order valence-corrected chi connectivity index (χ3v) is 3.05. The fraction of sp³-hybridized carbons (Fsp3) is 0.250. The molecule has 0 radical (unpaired) electrons. The van der Waals surface area contributed by atoms with Gasteiger partial charge in [0.25, 0.3) is 6.43 Å². The molecule has 20 heavy (non-hydrogen) atoms. The monoisotopic (exact) mass is 277 g/mol. The molecule has 0 fully saturated rings. The first-order valence-corrected chi connectivity index (χ1v) is 6.49. The summed E-state index contributed by atoms with van der Waals surface area (Å²) in [4.78, 5) is 0. The van der Waals surface area contributed by atoms with E-state index in [0.29, 0.717) is 13.0 Å². The predicted octanol–water partition coefficient (Wildman–Crippen LogP) is 3.77. The summed E-state index contributed by atoms with van der Waals surface area (Å²) in [6, 6.07) is 14.1. The third-order valence-electron chi connectivity index (χ3n) is 3.05. The molecule has 2 aromatic rings. The Morgan fingerprint density at radius 1 is 1.00 bits per heavy atom. The van der Waals surface area contributed by atoms with Crippen molar-refractivity contribution in [2.24, 2.45) is 0 Å². The van der Waals surface area contributed by atoms with E-state index in [2.05, 4.69) is 5.32 Å². The minimum absolute atomic E-state index is 0.0441. The standard InChI is InChI=1S/C16H17F2NO/c17-16(18)14-3-1-2-13(10-14)11-19-15-6-4-12(5-7-15)8-9-20/h1-7,10,16,19-20H,8-9,11H2. The van der Waals surface area contributed by atoms with Gasteiger partial charge in [0.15, 0.2) is 0 Å². The van der Waals surface area contributed by atoms with Crippen LogP contribution in [0.4, 0.5) is 14.5 Å². The van der Waals surface area contributed by atoms with Crippen LogP contribution in [0.5, 0.6) is 0 Å². The molecule has 0 heterocycles. The zero-order valence-corrected chi connectivity index (χ0v) is 11.0. The Labute approximate surface area is 117 Å². The predicted molar refractivity (Wildman–Crippen MR) is 76.0 cm³/mol. The molecule has 2 nitrogen and oxygen atoms in total. The maximum atomic E-state index is 12.6. The topological polar surface area (TPSA) is 32.3 Å². The van der Waals surface area contributed by atoms with E-state index in [1.54, 1.807) is 6.07 Å². The lowest BCUT2D eigenvalue weighted by Crippen LogP contribution is -2.00. The number of rotatable bonds is 6. The number of aliphatic hydroxyl groups excluding tert-OH is 1. The molecular weight excluding hydrogens is 260 g/mol. The number of aliphatic hydroxyl groups is 1. The minimum atomic E-state index is -2.44. The molecule has 0 atom stereocenters. The van der Waals surface area contributed by atoms with Gasteiger partial charge >= 0.3 is 0 Å². The van der Waals surface area contributed by atoms with Crippen LogP contribution in [0.25, 0.3) is 0 Å². The Balaban J connectivity index is 1.96. The van der Waals surface area contributed by atoms with Gasteiger partial charge in [-0.15, -0.1) is 0 Å². The van der Waals surface area contributed by atoms with E-state index in [0.717, 1.165) is 16.8 Å². The van der Waals surface area contributed by atoms with Gasteiger partial charge in [0.05, 0.1) is 0 Å². The molecule has 0 amide bonds. The van der Waals surface area contributed by atoms with Crippen molar-refractivity contribution in [3.05, 3.63) is 65.2 Å². The van der Waals surface area contributed by atoms with E-state index in [1.165, 1.54) is 12.1 Å². The first kappa shape index (κ1) is 14.5. The molecule has 0 bridgehead atoms. The summed E-state index contributed by atoms with van der Waals surface area (Å²) in [6.07, 6.45) is -1.80. The van der Waals surface area contributed by atoms with E-state index in [1.807, 2.05) is 30.3 Å². The summed E-state index contributed by atoms with van der Waals surface area (Å²) in [5.41, 5.74) is 2.86. The zero-order chi connectivity index (χ0) is 14.4. The zero-order valence-electron chi connectivity index (χ0n) is 11.0. The van der Waals surface area contributed by atoms with Crippen LogP contribution in [-0.2, 0) is 13.0 Å². The maximum absolute atomic E-state index is 12.6. The number of nitrogens with one attached hydrogen (secondary N) is 1. The van der Waals surface area contributed by atoms with E-state index in [9.17, 15) is 8.78 Å². The lowest BCUT2D eigenvalue weighted by Gasteiger charge is -2.09. The van der Waals surface area contributed by atoms with Gasteiger partial charge in [-0.25, -0.2) is 8.78 Å². The normalized spacial score (nSPS) is 10.8. The number of halogens is 2. The molecule has 106 valence electrons. The smallest absolute Gasteiger partial charge is 0.263 e. The lowest BCUT2D eigenvalue weighted by molar-refractivity contribution is 0.151. The van der Waals surface area contributed by atoms with Crippen LogP contribution in [0.1, 0.15) is 23.1 Å². The molecule has 0 aliphatic heterocycles. The molecule has 2 N–H and O–H groups in total. The van der Waals surface area contributed by atoms with Crippen LogP contribution in [0.3, 0.4) is 0 Å². The Bertz CT molecular complexity index is 540. The molecule has 0 aliphatic carbocycles. The van der Waals surface area contributed by atoms with E-state index in [4.69, 9.17) is 5.11 Å². The number of alkyl halides is 2. The number of hydrogen-bond donors (Lipinski definition) is 2. The molecule has 4 heteroatoms. The van der Waals surface area contributed by atoms with Gasteiger partial charge in [0.2, 0.25) is 0 Å². The molecule has 0 unspecified atom stereocenters. The molecule has 0 aliphatic rings. The van der Waals surface area contributed by atoms with Crippen LogP contribution in [0.2, 0.25) is 0 Å². The largest absolute Gasteiger partial charge is 0.396 e. The molecule has 0 saturated heterocycles. The average Bonchev–Trinajstić information content (AvgIpc) is 2.47. The molecule has 0 saturated carbocycles.